The molecule has 1 aromatic rings. The maximum Gasteiger partial charge on any atom is 0.251 e. The van der Waals surface area contributed by atoms with Crippen LogP contribution in [0.25, 0.3) is 0 Å². The molecule has 2 amide bonds. The fourth-order valence-electron chi connectivity index (χ4n) is 1.54. The Morgan fingerprint density at radius 1 is 1.16 bits per heavy atom. The number of rotatable bonds is 7. The van der Waals surface area contributed by atoms with Gasteiger partial charge in [-0.3, -0.25) is 9.59 Å². The third-order valence-corrected chi connectivity index (χ3v) is 2.49. The summed E-state index contributed by atoms with van der Waals surface area (Å²) in [4.78, 5) is 23.1. The maximum atomic E-state index is 11.7. The summed E-state index contributed by atoms with van der Waals surface area (Å²) >= 11 is 0. The molecule has 3 N–H and O–H groups in total. The van der Waals surface area contributed by atoms with E-state index >= 15 is 0 Å². The van der Waals surface area contributed by atoms with Gasteiger partial charge in [0, 0.05) is 24.3 Å². The van der Waals surface area contributed by atoms with Crippen LogP contribution in [0.2, 0.25) is 0 Å². The average Bonchev–Trinajstić information content (AvgIpc) is 2.43. The SMILES string of the molecule is CCCNC(=O)CNc1cccc(C(=O)NCC)c1. The summed E-state index contributed by atoms with van der Waals surface area (Å²) in [5.41, 5.74) is 1.34. The molecule has 0 bridgehead atoms. The Kier molecular flexibility index (Phi) is 6.43. The fraction of sp³-hybridized carbons (Fsp3) is 0.429. The first-order valence-corrected chi connectivity index (χ1v) is 6.56. The summed E-state index contributed by atoms with van der Waals surface area (Å²) in [6.45, 7) is 5.36. The van der Waals surface area contributed by atoms with Crippen LogP contribution in [0.3, 0.4) is 0 Å². The molecule has 0 aliphatic rings. The van der Waals surface area contributed by atoms with Gasteiger partial charge in [-0.25, -0.2) is 0 Å². The largest absolute Gasteiger partial charge is 0.376 e. The highest BCUT2D eigenvalue weighted by Gasteiger charge is 2.05. The lowest BCUT2D eigenvalue weighted by molar-refractivity contribution is -0.119. The highest BCUT2D eigenvalue weighted by atomic mass is 16.2. The van der Waals surface area contributed by atoms with E-state index in [1.54, 1.807) is 18.2 Å². The summed E-state index contributed by atoms with van der Waals surface area (Å²) in [6.07, 6.45) is 0.915. The Bertz CT molecular complexity index is 432. The van der Waals surface area contributed by atoms with Gasteiger partial charge in [-0.2, -0.15) is 0 Å². The number of carbonyl (C=O) groups excluding carboxylic acids is 2. The monoisotopic (exact) mass is 263 g/mol. The Morgan fingerprint density at radius 2 is 1.95 bits per heavy atom. The van der Waals surface area contributed by atoms with E-state index in [9.17, 15) is 9.59 Å². The van der Waals surface area contributed by atoms with Crippen LogP contribution in [0, 0.1) is 0 Å². The van der Waals surface area contributed by atoms with Gasteiger partial charge >= 0.3 is 0 Å². The van der Waals surface area contributed by atoms with Crippen molar-refractivity contribution in [2.45, 2.75) is 20.3 Å². The number of nitrogens with one attached hydrogen (secondary N) is 3. The van der Waals surface area contributed by atoms with Crippen molar-refractivity contribution in [3.63, 3.8) is 0 Å². The molecule has 1 aromatic carbocycles. The molecule has 0 unspecified atom stereocenters. The molecular weight excluding hydrogens is 242 g/mol. The van der Waals surface area contributed by atoms with E-state index in [-0.39, 0.29) is 18.4 Å². The first-order chi connectivity index (χ1) is 9.17. The summed E-state index contributed by atoms with van der Waals surface area (Å²) in [5, 5.41) is 8.51. The van der Waals surface area contributed by atoms with Crippen molar-refractivity contribution in [3.8, 4) is 0 Å². The van der Waals surface area contributed by atoms with Gasteiger partial charge < -0.3 is 16.0 Å². The summed E-state index contributed by atoms with van der Waals surface area (Å²) < 4.78 is 0. The van der Waals surface area contributed by atoms with Crippen LogP contribution in [0.4, 0.5) is 5.69 Å². The molecule has 0 radical (unpaired) electrons. The number of hydrogen-bond acceptors (Lipinski definition) is 3. The molecular formula is C14H21N3O2. The molecule has 0 saturated heterocycles. The molecule has 5 nitrogen and oxygen atoms in total. The lowest BCUT2D eigenvalue weighted by Crippen LogP contribution is -2.30. The van der Waals surface area contributed by atoms with Crippen LogP contribution in [0.5, 0.6) is 0 Å². The molecule has 0 saturated carbocycles. The van der Waals surface area contributed by atoms with Crippen LogP contribution in [0.1, 0.15) is 30.6 Å². The van der Waals surface area contributed by atoms with Crippen LogP contribution in [0.15, 0.2) is 24.3 Å². The van der Waals surface area contributed by atoms with Gasteiger partial charge in [0.2, 0.25) is 5.91 Å². The third-order valence-electron chi connectivity index (χ3n) is 2.49. The molecule has 0 aliphatic heterocycles. The smallest absolute Gasteiger partial charge is 0.251 e. The highest BCUT2D eigenvalue weighted by molar-refractivity contribution is 5.95. The van der Waals surface area contributed by atoms with Crippen molar-refractivity contribution in [2.24, 2.45) is 0 Å². The van der Waals surface area contributed by atoms with E-state index in [4.69, 9.17) is 0 Å². The van der Waals surface area contributed by atoms with Crippen molar-refractivity contribution >= 4 is 17.5 Å². The number of benzene rings is 1. The van der Waals surface area contributed by atoms with Gasteiger partial charge in [-0.1, -0.05) is 13.0 Å². The van der Waals surface area contributed by atoms with Gasteiger partial charge in [-0.05, 0) is 31.5 Å². The molecule has 1 rings (SSSR count). The van der Waals surface area contributed by atoms with Crippen LogP contribution < -0.4 is 16.0 Å². The Hall–Kier alpha value is -2.04. The van der Waals surface area contributed by atoms with E-state index in [1.807, 2.05) is 19.9 Å². The maximum absolute atomic E-state index is 11.7. The molecule has 0 spiro atoms. The Labute approximate surface area is 113 Å². The normalized spacial score (nSPS) is 9.79. The zero-order valence-corrected chi connectivity index (χ0v) is 11.5. The Morgan fingerprint density at radius 3 is 2.63 bits per heavy atom. The van der Waals surface area contributed by atoms with Crippen molar-refractivity contribution in [1.82, 2.24) is 10.6 Å². The van der Waals surface area contributed by atoms with Gasteiger partial charge in [0.25, 0.3) is 5.91 Å². The molecule has 0 atom stereocenters. The predicted molar refractivity (Wildman–Crippen MR) is 76.2 cm³/mol. The van der Waals surface area contributed by atoms with Gasteiger partial charge in [-0.15, -0.1) is 0 Å². The van der Waals surface area contributed by atoms with Gasteiger partial charge in [0.1, 0.15) is 0 Å². The predicted octanol–water partition coefficient (Wildman–Crippen LogP) is 1.37. The van der Waals surface area contributed by atoms with Crippen LogP contribution >= 0.6 is 0 Å². The molecule has 104 valence electrons. The lowest BCUT2D eigenvalue weighted by Gasteiger charge is -2.08. The topological polar surface area (TPSA) is 70.2 Å². The van der Waals surface area contributed by atoms with Gasteiger partial charge in [0.05, 0.1) is 6.54 Å². The molecule has 19 heavy (non-hydrogen) atoms. The Balaban J connectivity index is 2.52. The minimum atomic E-state index is -0.110. The number of carbonyl (C=O) groups is 2. The summed E-state index contributed by atoms with van der Waals surface area (Å²) in [7, 11) is 0. The quantitative estimate of drug-likeness (QED) is 0.696. The molecule has 0 fully saturated rings. The van der Waals surface area contributed by atoms with Gasteiger partial charge in [0.15, 0.2) is 0 Å². The minimum absolute atomic E-state index is 0.0507. The second-order valence-corrected chi connectivity index (χ2v) is 4.14. The minimum Gasteiger partial charge on any atom is -0.376 e. The molecule has 5 heteroatoms. The third kappa shape index (κ3) is 5.42. The van der Waals surface area contributed by atoms with E-state index in [1.165, 1.54) is 0 Å². The first kappa shape index (κ1) is 15.0. The second kappa shape index (κ2) is 8.13. The van der Waals surface area contributed by atoms with E-state index in [0.717, 1.165) is 12.1 Å². The van der Waals surface area contributed by atoms with Crippen molar-refractivity contribution in [1.29, 1.82) is 0 Å². The standard InChI is InChI=1S/C14H21N3O2/c1-3-8-16-13(18)10-17-12-7-5-6-11(9-12)14(19)15-4-2/h5-7,9,17H,3-4,8,10H2,1-2H3,(H,15,19)(H,16,18). The average molecular weight is 263 g/mol. The van der Waals surface area contributed by atoms with E-state index in [2.05, 4.69) is 16.0 Å². The molecule has 0 aromatic heterocycles. The van der Waals surface area contributed by atoms with Crippen molar-refractivity contribution in [2.75, 3.05) is 25.0 Å². The number of amides is 2. The molecule has 0 aliphatic carbocycles. The highest BCUT2D eigenvalue weighted by Crippen LogP contribution is 2.10. The van der Waals surface area contributed by atoms with E-state index in [0.29, 0.717) is 18.7 Å². The van der Waals surface area contributed by atoms with E-state index < -0.39 is 0 Å². The zero-order chi connectivity index (χ0) is 14.1. The van der Waals surface area contributed by atoms with Crippen molar-refractivity contribution < 1.29 is 9.59 Å². The summed E-state index contributed by atoms with van der Waals surface area (Å²) in [6, 6.07) is 7.10. The van der Waals surface area contributed by atoms with Crippen LogP contribution in [-0.4, -0.2) is 31.4 Å². The zero-order valence-electron chi connectivity index (χ0n) is 11.5. The number of anilines is 1. The molecule has 0 heterocycles. The second-order valence-electron chi connectivity index (χ2n) is 4.14. The lowest BCUT2D eigenvalue weighted by atomic mass is 10.2. The van der Waals surface area contributed by atoms with Crippen LogP contribution in [-0.2, 0) is 4.79 Å². The van der Waals surface area contributed by atoms with Crippen molar-refractivity contribution in [3.05, 3.63) is 29.8 Å². The first-order valence-electron chi connectivity index (χ1n) is 6.56. The fourth-order valence-corrected chi connectivity index (χ4v) is 1.54. The summed E-state index contributed by atoms with van der Waals surface area (Å²) in [5.74, 6) is -0.160. The number of hydrogen-bond donors (Lipinski definition) is 3.